The van der Waals surface area contributed by atoms with Gasteiger partial charge in [0, 0.05) is 40.7 Å². The van der Waals surface area contributed by atoms with E-state index in [1.54, 1.807) is 12.7 Å². The lowest BCUT2D eigenvalue weighted by Gasteiger charge is -2.28. The quantitative estimate of drug-likeness (QED) is 0.417. The fraction of sp³-hybridized carbons (Fsp3) is 0.250. The highest BCUT2D eigenvalue weighted by Gasteiger charge is 2.18. The van der Waals surface area contributed by atoms with Crippen molar-refractivity contribution >= 4 is 29.2 Å². The summed E-state index contributed by atoms with van der Waals surface area (Å²) >= 11 is 8.12. The van der Waals surface area contributed by atoms with Gasteiger partial charge in [-0.25, -0.2) is 4.98 Å². The van der Waals surface area contributed by atoms with E-state index in [0.717, 1.165) is 65.0 Å². The molecule has 6 nitrogen and oxygen atoms in total. The number of anilines is 1. The first kappa shape index (κ1) is 21.0. The van der Waals surface area contributed by atoms with E-state index in [2.05, 4.69) is 40.2 Å². The zero-order valence-electron chi connectivity index (χ0n) is 17.8. The molecule has 162 valence electrons. The number of hydrogen-bond acceptors (Lipinski definition) is 6. The largest absolute Gasteiger partial charge is 0.354 e. The van der Waals surface area contributed by atoms with Gasteiger partial charge in [0.05, 0.1) is 24.1 Å². The maximum atomic E-state index is 6.13. The van der Waals surface area contributed by atoms with Crippen molar-refractivity contribution < 1.29 is 0 Å². The molecule has 1 fully saturated rings. The Hall–Kier alpha value is -2.90. The Morgan fingerprint density at radius 2 is 1.72 bits per heavy atom. The fourth-order valence-electron chi connectivity index (χ4n) is 3.94. The van der Waals surface area contributed by atoms with Crippen LogP contribution in [0.4, 0.5) is 5.82 Å². The first-order chi connectivity index (χ1) is 15.7. The summed E-state index contributed by atoms with van der Waals surface area (Å²) in [6.07, 6.45) is 5.36. The van der Waals surface area contributed by atoms with Crippen molar-refractivity contribution in [1.29, 1.82) is 0 Å². The monoisotopic (exact) mass is 462 g/mol. The van der Waals surface area contributed by atoms with Gasteiger partial charge in [-0.05, 0) is 30.2 Å². The van der Waals surface area contributed by atoms with Crippen molar-refractivity contribution in [1.82, 2.24) is 24.7 Å². The first-order valence-electron chi connectivity index (χ1n) is 10.6. The van der Waals surface area contributed by atoms with Crippen LogP contribution in [0.15, 0.2) is 61.3 Å². The van der Waals surface area contributed by atoms with Gasteiger partial charge in [0.15, 0.2) is 0 Å². The van der Waals surface area contributed by atoms with Crippen molar-refractivity contribution in [2.24, 2.45) is 0 Å². The van der Waals surface area contributed by atoms with Gasteiger partial charge in [0.1, 0.15) is 18.5 Å². The molecular formula is C24H23ClN6S. The van der Waals surface area contributed by atoms with E-state index in [1.165, 1.54) is 5.56 Å². The Kier molecular flexibility index (Phi) is 6.10. The fourth-order valence-corrected chi connectivity index (χ4v) is 4.96. The summed E-state index contributed by atoms with van der Waals surface area (Å²) in [7, 11) is 0. The Balaban J connectivity index is 1.57. The molecule has 0 spiro atoms. The molecule has 32 heavy (non-hydrogen) atoms. The van der Waals surface area contributed by atoms with Crippen molar-refractivity contribution in [3.05, 3.63) is 77.5 Å². The summed E-state index contributed by atoms with van der Waals surface area (Å²) in [5, 5.41) is 8.49. The summed E-state index contributed by atoms with van der Waals surface area (Å²) in [6.45, 7) is 4.85. The number of halogens is 1. The molecule has 5 rings (SSSR count). The summed E-state index contributed by atoms with van der Waals surface area (Å²) in [4.78, 5) is 12.3. The van der Waals surface area contributed by atoms with Crippen molar-refractivity contribution in [3.63, 3.8) is 0 Å². The van der Waals surface area contributed by atoms with Crippen LogP contribution < -0.4 is 4.90 Å². The van der Waals surface area contributed by atoms with Gasteiger partial charge < -0.3 is 9.47 Å². The predicted octanol–water partition coefficient (Wildman–Crippen LogP) is 4.97. The van der Waals surface area contributed by atoms with Gasteiger partial charge in [-0.2, -0.15) is 11.8 Å². The molecule has 0 unspecified atom stereocenters. The van der Waals surface area contributed by atoms with Crippen molar-refractivity contribution in [2.75, 3.05) is 29.5 Å². The van der Waals surface area contributed by atoms with Crippen LogP contribution in [0.2, 0.25) is 5.02 Å². The number of hydrogen-bond donors (Lipinski definition) is 0. The second kappa shape index (κ2) is 9.30. The van der Waals surface area contributed by atoms with Gasteiger partial charge in [-0.3, -0.25) is 4.98 Å². The third-order valence-electron chi connectivity index (χ3n) is 5.59. The number of rotatable bonds is 5. The third-order valence-corrected chi connectivity index (χ3v) is 6.78. The van der Waals surface area contributed by atoms with Crippen LogP contribution in [0.3, 0.4) is 0 Å². The van der Waals surface area contributed by atoms with Crippen molar-refractivity contribution in [2.45, 2.75) is 13.5 Å². The summed E-state index contributed by atoms with van der Waals surface area (Å²) in [6, 6.07) is 14.3. The molecule has 1 aliphatic rings. The van der Waals surface area contributed by atoms with Crippen LogP contribution in [0.5, 0.6) is 0 Å². The Morgan fingerprint density at radius 1 is 0.969 bits per heavy atom. The van der Waals surface area contributed by atoms with Gasteiger partial charge >= 0.3 is 0 Å². The van der Waals surface area contributed by atoms with Crippen LogP contribution in [0.1, 0.15) is 11.1 Å². The molecule has 2 aromatic carbocycles. The molecule has 3 heterocycles. The highest BCUT2D eigenvalue weighted by atomic mass is 35.5. The van der Waals surface area contributed by atoms with E-state index < -0.39 is 0 Å². The van der Waals surface area contributed by atoms with Crippen molar-refractivity contribution in [3.8, 4) is 22.5 Å². The number of thioether (sulfide) groups is 1. The summed E-state index contributed by atoms with van der Waals surface area (Å²) < 4.78 is 1.96. The second-order valence-electron chi connectivity index (χ2n) is 7.82. The van der Waals surface area contributed by atoms with E-state index >= 15 is 0 Å². The van der Waals surface area contributed by atoms with Crippen LogP contribution in [-0.2, 0) is 6.54 Å². The number of aromatic nitrogens is 5. The van der Waals surface area contributed by atoms with E-state index in [-0.39, 0.29) is 0 Å². The molecular weight excluding hydrogens is 440 g/mol. The average molecular weight is 463 g/mol. The second-order valence-corrected chi connectivity index (χ2v) is 9.48. The molecule has 8 heteroatoms. The van der Waals surface area contributed by atoms with E-state index in [4.69, 9.17) is 21.6 Å². The standard InChI is InChI=1S/C24H23ClN6S/c1-17-12-18(14-30-15-27-28-16-30)2-7-21(17)24-23(19-3-5-20(25)6-4-19)26-13-22(29-24)31-8-10-32-11-9-31/h2-7,12-13,15-16H,8-11,14H2,1H3. The minimum Gasteiger partial charge on any atom is -0.354 e. The average Bonchev–Trinajstić information content (AvgIpc) is 3.33. The number of aryl methyl sites for hydroxylation is 1. The molecule has 2 aromatic heterocycles. The topological polar surface area (TPSA) is 59.7 Å². The molecule has 0 amide bonds. The molecule has 0 saturated carbocycles. The molecule has 1 aliphatic heterocycles. The molecule has 0 N–H and O–H groups in total. The summed E-state index contributed by atoms with van der Waals surface area (Å²) in [5.74, 6) is 3.17. The smallest absolute Gasteiger partial charge is 0.147 e. The predicted molar refractivity (Wildman–Crippen MR) is 131 cm³/mol. The van der Waals surface area contributed by atoms with E-state index in [1.807, 2.05) is 46.8 Å². The van der Waals surface area contributed by atoms with Crippen LogP contribution >= 0.6 is 23.4 Å². The van der Waals surface area contributed by atoms with Gasteiger partial charge in [-0.1, -0.05) is 41.9 Å². The first-order valence-corrected chi connectivity index (χ1v) is 12.1. The van der Waals surface area contributed by atoms with Gasteiger partial charge in [-0.15, -0.1) is 10.2 Å². The SMILES string of the molecule is Cc1cc(Cn2cnnc2)ccc1-c1nc(N2CCSCC2)cnc1-c1ccc(Cl)cc1. The zero-order chi connectivity index (χ0) is 21.9. The Bertz CT molecular complexity index is 1200. The van der Waals surface area contributed by atoms with E-state index in [0.29, 0.717) is 5.02 Å². The number of benzene rings is 2. The van der Waals surface area contributed by atoms with Gasteiger partial charge in [0.2, 0.25) is 0 Å². The lowest BCUT2D eigenvalue weighted by molar-refractivity contribution is 0.793. The Labute approximate surface area is 196 Å². The van der Waals surface area contributed by atoms with Crippen LogP contribution in [0.25, 0.3) is 22.5 Å². The van der Waals surface area contributed by atoms with Crippen LogP contribution in [0, 0.1) is 6.92 Å². The maximum absolute atomic E-state index is 6.13. The molecule has 0 radical (unpaired) electrons. The molecule has 0 atom stereocenters. The highest BCUT2D eigenvalue weighted by molar-refractivity contribution is 7.99. The molecule has 1 saturated heterocycles. The molecule has 0 aliphatic carbocycles. The van der Waals surface area contributed by atoms with Gasteiger partial charge in [0.25, 0.3) is 0 Å². The maximum Gasteiger partial charge on any atom is 0.147 e. The van der Waals surface area contributed by atoms with E-state index in [9.17, 15) is 0 Å². The summed E-state index contributed by atoms with van der Waals surface area (Å²) in [5.41, 5.74) is 6.21. The number of nitrogens with zero attached hydrogens (tertiary/aromatic N) is 6. The normalized spacial score (nSPS) is 14.0. The lowest BCUT2D eigenvalue weighted by atomic mass is 9.98. The minimum atomic E-state index is 0.709. The third kappa shape index (κ3) is 4.49. The molecule has 0 bridgehead atoms. The molecule has 4 aromatic rings. The Morgan fingerprint density at radius 3 is 2.44 bits per heavy atom. The zero-order valence-corrected chi connectivity index (χ0v) is 19.4. The lowest BCUT2D eigenvalue weighted by Crippen LogP contribution is -2.33. The highest BCUT2D eigenvalue weighted by Crippen LogP contribution is 2.34. The minimum absolute atomic E-state index is 0.709. The van der Waals surface area contributed by atoms with Crippen LogP contribution in [-0.4, -0.2) is 49.3 Å².